The molecule has 0 bridgehead atoms. The fourth-order valence-corrected chi connectivity index (χ4v) is 4.16. The Kier molecular flexibility index (Phi) is 5.63. The number of hydrogen-bond donors (Lipinski definition) is 1. The second-order valence-electron chi connectivity index (χ2n) is 6.10. The van der Waals surface area contributed by atoms with E-state index in [9.17, 15) is 5.11 Å². The lowest BCUT2D eigenvalue weighted by molar-refractivity contribution is 0.269. The Balaban J connectivity index is 2.09. The van der Waals surface area contributed by atoms with Crippen molar-refractivity contribution in [3.05, 3.63) is 35.0 Å². The Morgan fingerprint density at radius 2 is 2.04 bits per heavy atom. The van der Waals surface area contributed by atoms with Crippen LogP contribution in [0.3, 0.4) is 0 Å². The molecule has 1 N–H and O–H groups in total. The summed E-state index contributed by atoms with van der Waals surface area (Å²) in [7, 11) is 5.30. The third-order valence-electron chi connectivity index (χ3n) is 4.42. The van der Waals surface area contributed by atoms with Crippen molar-refractivity contribution in [3.63, 3.8) is 0 Å². The first-order valence-electron chi connectivity index (χ1n) is 8.54. The molecule has 2 aromatic heterocycles. The smallest absolute Gasteiger partial charge is 0.230 e. The monoisotopic (exact) mass is 376 g/mol. The van der Waals surface area contributed by atoms with Crippen molar-refractivity contribution in [3.8, 4) is 17.4 Å². The number of thiazole rings is 1. The largest absolute Gasteiger partial charge is 0.493 e. The summed E-state index contributed by atoms with van der Waals surface area (Å²) in [5.41, 5.74) is 1.01. The Hall–Kier alpha value is -2.32. The molecule has 1 atom stereocenters. The molecule has 0 aliphatic rings. The number of fused-ring (bicyclic) bond motifs is 1. The van der Waals surface area contributed by atoms with E-state index in [-0.39, 0.29) is 11.9 Å². The van der Waals surface area contributed by atoms with E-state index in [1.165, 1.54) is 22.2 Å². The minimum Gasteiger partial charge on any atom is -0.493 e. The molecule has 3 aromatic rings. The van der Waals surface area contributed by atoms with Crippen LogP contribution in [0.2, 0.25) is 0 Å². The Bertz CT molecular complexity index is 877. The summed E-state index contributed by atoms with van der Waals surface area (Å²) in [6.07, 6.45) is 3.62. The number of hydrogen-bond acceptors (Lipinski definition) is 7. The van der Waals surface area contributed by atoms with E-state index in [0.29, 0.717) is 16.5 Å². The molecule has 0 saturated carbocycles. The molecule has 0 aliphatic carbocycles. The number of aromatic hydroxyl groups is 1. The molecule has 26 heavy (non-hydrogen) atoms. The quantitative estimate of drug-likeness (QED) is 0.650. The van der Waals surface area contributed by atoms with Gasteiger partial charge in [-0.2, -0.15) is 9.61 Å². The van der Waals surface area contributed by atoms with E-state index < -0.39 is 0 Å². The summed E-state index contributed by atoms with van der Waals surface area (Å²) in [6.45, 7) is 3.07. The molecule has 0 fully saturated rings. The molecule has 1 aromatic carbocycles. The maximum atomic E-state index is 10.7. The van der Waals surface area contributed by atoms with Gasteiger partial charge in [-0.05, 0) is 37.7 Å². The maximum absolute atomic E-state index is 10.7. The molecular weight excluding hydrogens is 352 g/mol. The van der Waals surface area contributed by atoms with Crippen molar-refractivity contribution < 1.29 is 14.6 Å². The molecule has 2 heterocycles. The highest BCUT2D eigenvalue weighted by Crippen LogP contribution is 2.41. The van der Waals surface area contributed by atoms with Gasteiger partial charge in [0.25, 0.3) is 0 Å². The molecule has 0 radical (unpaired) electrons. The molecule has 0 spiro atoms. The predicted molar refractivity (Wildman–Crippen MR) is 101 cm³/mol. The van der Waals surface area contributed by atoms with Crippen LogP contribution in [-0.4, -0.2) is 52.4 Å². The van der Waals surface area contributed by atoms with E-state index in [1.807, 2.05) is 18.2 Å². The summed E-state index contributed by atoms with van der Waals surface area (Å²) >= 11 is 1.44. The first-order chi connectivity index (χ1) is 12.6. The molecule has 3 rings (SSSR count). The molecule has 0 aliphatic heterocycles. The Labute approximate surface area is 156 Å². The minimum absolute atomic E-state index is 0.130. The van der Waals surface area contributed by atoms with Gasteiger partial charge >= 0.3 is 0 Å². The van der Waals surface area contributed by atoms with Gasteiger partial charge in [0.05, 0.1) is 25.1 Å². The van der Waals surface area contributed by atoms with Crippen molar-refractivity contribution in [2.75, 3.05) is 27.8 Å². The first kappa shape index (κ1) is 18.5. The highest BCUT2D eigenvalue weighted by atomic mass is 32.1. The maximum Gasteiger partial charge on any atom is 0.230 e. The third kappa shape index (κ3) is 3.34. The van der Waals surface area contributed by atoms with Crippen LogP contribution in [0.15, 0.2) is 24.5 Å². The Morgan fingerprint density at radius 3 is 2.69 bits per heavy atom. The van der Waals surface area contributed by atoms with E-state index in [0.717, 1.165) is 29.8 Å². The topological polar surface area (TPSA) is 72.1 Å². The van der Waals surface area contributed by atoms with Gasteiger partial charge in [-0.25, -0.2) is 4.98 Å². The van der Waals surface area contributed by atoms with E-state index in [1.54, 1.807) is 14.2 Å². The van der Waals surface area contributed by atoms with Gasteiger partial charge in [0.2, 0.25) is 10.8 Å². The van der Waals surface area contributed by atoms with Crippen molar-refractivity contribution in [2.45, 2.75) is 25.8 Å². The lowest BCUT2D eigenvalue weighted by atomic mass is 10.0. The van der Waals surface area contributed by atoms with E-state index in [4.69, 9.17) is 9.47 Å². The van der Waals surface area contributed by atoms with Gasteiger partial charge in [0.1, 0.15) is 6.33 Å². The van der Waals surface area contributed by atoms with Crippen LogP contribution in [0.25, 0.3) is 4.96 Å². The number of benzene rings is 1. The number of rotatable bonds is 8. The number of ether oxygens (including phenoxy) is 2. The summed E-state index contributed by atoms with van der Waals surface area (Å²) in [6, 6.07) is 5.73. The zero-order valence-electron chi connectivity index (χ0n) is 15.5. The van der Waals surface area contributed by atoms with E-state index >= 15 is 0 Å². The van der Waals surface area contributed by atoms with Crippen LogP contribution >= 0.6 is 11.3 Å². The van der Waals surface area contributed by atoms with Gasteiger partial charge in [-0.1, -0.05) is 30.7 Å². The van der Waals surface area contributed by atoms with Crippen LogP contribution < -0.4 is 9.47 Å². The van der Waals surface area contributed by atoms with Crippen molar-refractivity contribution >= 4 is 16.3 Å². The summed E-state index contributed by atoms with van der Waals surface area (Å²) in [5.74, 6) is 1.47. The fraction of sp³-hybridized carbons (Fsp3) is 0.444. The van der Waals surface area contributed by atoms with Crippen LogP contribution in [0, 0.1) is 0 Å². The second-order valence-corrected chi connectivity index (χ2v) is 7.10. The second kappa shape index (κ2) is 7.92. The molecule has 140 valence electrons. The van der Waals surface area contributed by atoms with Crippen molar-refractivity contribution in [2.24, 2.45) is 0 Å². The minimum atomic E-state index is -0.130. The number of methoxy groups -OCH3 is 2. The standard InChI is InChI=1S/C18H24N4O3S/c1-5-6-9-21(2)15(12-7-8-13(24-3)14(10-12)25-4)16-17(23)22-18(26-16)19-11-20-22/h7-8,10-11,15,23H,5-6,9H2,1-4H3. The predicted octanol–water partition coefficient (Wildman–Crippen LogP) is 3.33. The number of unbranched alkanes of at least 4 members (excludes halogenated alkanes) is 1. The van der Waals surface area contributed by atoms with Gasteiger partial charge < -0.3 is 14.6 Å². The summed E-state index contributed by atoms with van der Waals surface area (Å²) in [4.78, 5) is 7.92. The van der Waals surface area contributed by atoms with Crippen molar-refractivity contribution in [1.82, 2.24) is 19.5 Å². The zero-order valence-corrected chi connectivity index (χ0v) is 16.3. The molecular formula is C18H24N4O3S. The van der Waals surface area contributed by atoms with Crippen LogP contribution in [0.4, 0.5) is 0 Å². The normalized spacial score (nSPS) is 12.7. The van der Waals surface area contributed by atoms with Gasteiger partial charge in [0, 0.05) is 0 Å². The summed E-state index contributed by atoms with van der Waals surface area (Å²) in [5, 5.41) is 14.8. The molecule has 1 unspecified atom stereocenters. The molecule has 0 saturated heterocycles. The summed E-state index contributed by atoms with van der Waals surface area (Å²) < 4.78 is 12.3. The average Bonchev–Trinajstić information content (AvgIpc) is 3.23. The van der Waals surface area contributed by atoms with E-state index in [2.05, 4.69) is 29.0 Å². The molecule has 7 nitrogen and oxygen atoms in total. The van der Waals surface area contributed by atoms with Crippen molar-refractivity contribution in [1.29, 1.82) is 0 Å². The van der Waals surface area contributed by atoms with Gasteiger partial charge in [-0.3, -0.25) is 4.90 Å². The van der Waals surface area contributed by atoms with Crippen LogP contribution in [0.1, 0.15) is 36.2 Å². The number of nitrogens with zero attached hydrogens (tertiary/aromatic N) is 4. The lowest BCUT2D eigenvalue weighted by Crippen LogP contribution is -2.26. The Morgan fingerprint density at radius 1 is 1.27 bits per heavy atom. The molecule has 8 heteroatoms. The first-order valence-corrected chi connectivity index (χ1v) is 9.35. The van der Waals surface area contributed by atoms with Gasteiger partial charge in [-0.15, -0.1) is 0 Å². The highest BCUT2D eigenvalue weighted by molar-refractivity contribution is 7.17. The average molecular weight is 376 g/mol. The molecule has 0 amide bonds. The van der Waals surface area contributed by atoms with Crippen LogP contribution in [0.5, 0.6) is 17.4 Å². The highest BCUT2D eigenvalue weighted by Gasteiger charge is 2.27. The number of aromatic nitrogens is 3. The fourth-order valence-electron chi connectivity index (χ4n) is 3.04. The van der Waals surface area contributed by atoms with Gasteiger partial charge in [0.15, 0.2) is 11.5 Å². The lowest BCUT2D eigenvalue weighted by Gasteiger charge is -2.28. The third-order valence-corrected chi connectivity index (χ3v) is 5.50. The zero-order chi connectivity index (χ0) is 18.7. The van der Waals surface area contributed by atoms with Crippen LogP contribution in [-0.2, 0) is 0 Å². The SMILES string of the molecule is CCCCN(C)C(c1ccc(OC)c(OC)c1)c1sc2ncnn2c1O.